The first-order valence-corrected chi connectivity index (χ1v) is 11.0. The highest BCUT2D eigenvalue weighted by molar-refractivity contribution is 9.10. The molecule has 0 radical (unpaired) electrons. The van der Waals surface area contributed by atoms with Crippen LogP contribution in [0.4, 0.5) is 0 Å². The first-order chi connectivity index (χ1) is 13.8. The van der Waals surface area contributed by atoms with Gasteiger partial charge in [-0.1, -0.05) is 39.7 Å². The minimum absolute atomic E-state index is 0.0594. The Hall–Kier alpha value is -1.98. The summed E-state index contributed by atoms with van der Waals surface area (Å²) in [4.78, 5) is 20.6. The lowest BCUT2D eigenvalue weighted by Gasteiger charge is -2.32. The Bertz CT molecular complexity index is 861. The van der Waals surface area contributed by atoms with Crippen molar-refractivity contribution in [1.82, 2.24) is 14.8 Å². The van der Waals surface area contributed by atoms with Crippen molar-refractivity contribution in [2.75, 3.05) is 33.7 Å². The second kappa shape index (κ2) is 9.68. The van der Waals surface area contributed by atoms with E-state index in [9.17, 15) is 4.79 Å². The number of hydrogen-bond acceptors (Lipinski definition) is 3. The van der Waals surface area contributed by atoms with Gasteiger partial charge in [0.2, 0.25) is 0 Å². The fourth-order valence-corrected chi connectivity index (χ4v) is 4.46. The summed E-state index contributed by atoms with van der Waals surface area (Å²) in [6, 6.07) is 10.2. The molecule has 0 saturated carbocycles. The summed E-state index contributed by atoms with van der Waals surface area (Å²) in [6.45, 7) is 7.44. The number of nitrogens with zero attached hydrogens (tertiary/aromatic N) is 3. The molecule has 1 fully saturated rings. The van der Waals surface area contributed by atoms with Gasteiger partial charge in [0.05, 0.1) is 0 Å². The smallest absolute Gasteiger partial charge is 0.253 e. The van der Waals surface area contributed by atoms with E-state index in [1.807, 2.05) is 31.3 Å². The van der Waals surface area contributed by atoms with E-state index in [1.54, 1.807) is 19.0 Å². The molecule has 1 aliphatic rings. The summed E-state index contributed by atoms with van der Waals surface area (Å²) >= 11 is 3.63. The van der Waals surface area contributed by atoms with Crippen LogP contribution in [-0.4, -0.2) is 54.4 Å². The van der Waals surface area contributed by atoms with Crippen molar-refractivity contribution in [3.05, 3.63) is 69.0 Å². The van der Waals surface area contributed by atoms with Gasteiger partial charge >= 0.3 is 0 Å². The van der Waals surface area contributed by atoms with Gasteiger partial charge in [-0.3, -0.25) is 14.7 Å². The third kappa shape index (κ3) is 5.55. The van der Waals surface area contributed by atoms with Crippen LogP contribution < -0.4 is 0 Å². The Labute approximate surface area is 182 Å². The van der Waals surface area contributed by atoms with Gasteiger partial charge in [-0.25, -0.2) is 0 Å². The third-order valence-electron chi connectivity index (χ3n) is 5.62. The predicted molar refractivity (Wildman–Crippen MR) is 123 cm³/mol. The Balaban J connectivity index is 1.56. The van der Waals surface area contributed by atoms with Gasteiger partial charge in [-0.2, -0.15) is 0 Å². The van der Waals surface area contributed by atoms with Gasteiger partial charge < -0.3 is 4.90 Å². The highest BCUT2D eigenvalue weighted by Gasteiger charge is 2.21. The van der Waals surface area contributed by atoms with Crippen LogP contribution in [0.5, 0.6) is 0 Å². The zero-order chi connectivity index (χ0) is 21.0. The monoisotopic (exact) mass is 455 g/mol. The molecule has 2 aromatic rings. The molecule has 1 saturated heterocycles. The average molecular weight is 456 g/mol. The fraction of sp³-hybridized carbons (Fsp3) is 0.417. The molecule has 0 atom stereocenters. The van der Waals surface area contributed by atoms with Gasteiger partial charge in [0.1, 0.15) is 0 Å². The normalized spacial score (nSPS) is 16.1. The number of piperidine rings is 1. The number of halogens is 1. The Kier molecular flexibility index (Phi) is 7.25. The molecule has 0 bridgehead atoms. The number of hydrogen-bond donors (Lipinski definition) is 0. The topological polar surface area (TPSA) is 36.4 Å². The lowest BCUT2D eigenvalue weighted by molar-refractivity contribution is 0.0827. The number of pyridine rings is 1. The summed E-state index contributed by atoms with van der Waals surface area (Å²) < 4.78 is 1.10. The number of aromatic nitrogens is 1. The van der Waals surface area contributed by atoms with Crippen molar-refractivity contribution in [1.29, 1.82) is 0 Å². The second-order valence-corrected chi connectivity index (χ2v) is 9.01. The van der Waals surface area contributed by atoms with E-state index in [0.29, 0.717) is 5.92 Å². The molecule has 2 heterocycles. The number of amides is 1. The zero-order valence-corrected chi connectivity index (χ0v) is 19.4. The molecule has 0 unspecified atom stereocenters. The first-order valence-electron chi connectivity index (χ1n) is 10.2. The summed E-state index contributed by atoms with van der Waals surface area (Å²) in [5.41, 5.74) is 5.68. The first kappa shape index (κ1) is 21.7. The molecule has 1 aliphatic heterocycles. The van der Waals surface area contributed by atoms with Crippen LogP contribution in [0.25, 0.3) is 6.08 Å². The van der Waals surface area contributed by atoms with E-state index in [0.717, 1.165) is 48.2 Å². The molecule has 0 aliphatic carbocycles. The molecule has 0 N–H and O–H groups in total. The van der Waals surface area contributed by atoms with Crippen LogP contribution in [0.1, 0.15) is 52.9 Å². The molecule has 1 aromatic heterocycles. The van der Waals surface area contributed by atoms with Crippen molar-refractivity contribution >= 4 is 27.9 Å². The molecule has 1 amide bonds. The molecule has 154 valence electrons. The van der Waals surface area contributed by atoms with Crippen molar-refractivity contribution in [2.45, 2.75) is 32.6 Å². The second-order valence-electron chi connectivity index (χ2n) is 8.15. The van der Waals surface area contributed by atoms with Gasteiger partial charge in [-0.15, -0.1) is 0 Å². The van der Waals surface area contributed by atoms with Crippen molar-refractivity contribution < 1.29 is 4.79 Å². The van der Waals surface area contributed by atoms with Gasteiger partial charge in [0.25, 0.3) is 5.91 Å². The van der Waals surface area contributed by atoms with E-state index in [-0.39, 0.29) is 5.91 Å². The van der Waals surface area contributed by atoms with E-state index < -0.39 is 0 Å². The molecule has 5 heteroatoms. The fourth-order valence-electron chi connectivity index (χ4n) is 3.95. The minimum atomic E-state index is 0.0594. The van der Waals surface area contributed by atoms with E-state index in [4.69, 9.17) is 0 Å². The Morgan fingerprint density at radius 1 is 1.21 bits per heavy atom. The summed E-state index contributed by atoms with van der Waals surface area (Å²) in [5, 5.41) is 0. The lowest BCUT2D eigenvalue weighted by Crippen LogP contribution is -2.34. The number of likely N-dealkylation sites (tertiary alicyclic amines) is 1. The summed E-state index contributed by atoms with van der Waals surface area (Å²) in [7, 11) is 3.58. The molecule has 0 spiro atoms. The maximum atomic E-state index is 12.1. The van der Waals surface area contributed by atoms with Crippen molar-refractivity contribution in [2.24, 2.45) is 0 Å². The van der Waals surface area contributed by atoms with Crippen molar-refractivity contribution in [3.63, 3.8) is 0 Å². The highest BCUT2D eigenvalue weighted by Crippen LogP contribution is 2.29. The molecular formula is C24H30BrN3O. The van der Waals surface area contributed by atoms with E-state index >= 15 is 0 Å². The molecular weight excluding hydrogens is 426 g/mol. The quantitative estimate of drug-likeness (QED) is 0.626. The third-order valence-corrected chi connectivity index (χ3v) is 6.31. The van der Waals surface area contributed by atoms with Gasteiger partial charge in [0.15, 0.2) is 0 Å². The summed E-state index contributed by atoms with van der Waals surface area (Å²) in [5.74, 6) is 0.637. The predicted octanol–water partition coefficient (Wildman–Crippen LogP) is 5.14. The standard InChI is InChI=1S/C24H30BrN3O/c1-17(15-22-18(2)26-12-9-23(22)25)16-28-13-10-20(11-14-28)19-5-7-21(8-6-19)24(29)27(3)4/h5-9,12,15,20H,10-11,13-14,16H2,1-4H3/b17-15+. The molecule has 29 heavy (non-hydrogen) atoms. The average Bonchev–Trinajstić information content (AvgIpc) is 2.71. The molecule has 3 rings (SSSR count). The number of carbonyl (C=O) groups is 1. The van der Waals surface area contributed by atoms with Crippen LogP contribution in [0, 0.1) is 6.92 Å². The number of rotatable bonds is 5. The Morgan fingerprint density at radius 3 is 2.45 bits per heavy atom. The van der Waals surface area contributed by atoms with E-state index in [2.05, 4.69) is 50.9 Å². The maximum Gasteiger partial charge on any atom is 0.253 e. The van der Waals surface area contributed by atoms with Gasteiger partial charge in [-0.05, 0) is 69.5 Å². The van der Waals surface area contributed by atoms with Crippen LogP contribution in [0.2, 0.25) is 0 Å². The lowest BCUT2D eigenvalue weighted by atomic mass is 9.88. The van der Waals surface area contributed by atoms with E-state index in [1.165, 1.54) is 16.7 Å². The SMILES string of the molecule is C/C(=C\c1c(Br)ccnc1C)CN1CCC(c2ccc(C(=O)N(C)C)cc2)CC1. The molecule has 1 aromatic carbocycles. The van der Waals surface area contributed by atoms with Crippen LogP contribution >= 0.6 is 15.9 Å². The minimum Gasteiger partial charge on any atom is -0.345 e. The van der Waals surface area contributed by atoms with Gasteiger partial charge in [0, 0.05) is 48.1 Å². The highest BCUT2D eigenvalue weighted by atomic mass is 79.9. The number of carbonyl (C=O) groups excluding carboxylic acids is 1. The number of aryl methyl sites for hydroxylation is 1. The number of benzene rings is 1. The molecule has 4 nitrogen and oxygen atoms in total. The summed E-state index contributed by atoms with van der Waals surface area (Å²) in [6.07, 6.45) is 6.40. The largest absolute Gasteiger partial charge is 0.345 e. The Morgan fingerprint density at radius 2 is 1.86 bits per heavy atom. The maximum absolute atomic E-state index is 12.1. The van der Waals surface area contributed by atoms with Crippen LogP contribution in [0.15, 0.2) is 46.6 Å². The zero-order valence-electron chi connectivity index (χ0n) is 17.8. The van der Waals surface area contributed by atoms with Crippen LogP contribution in [-0.2, 0) is 0 Å². The van der Waals surface area contributed by atoms with Crippen molar-refractivity contribution in [3.8, 4) is 0 Å². The van der Waals surface area contributed by atoms with Crippen LogP contribution in [0.3, 0.4) is 0 Å².